The van der Waals surface area contributed by atoms with Crippen LogP contribution in [0.4, 0.5) is 5.69 Å². The number of nitrogens with zero attached hydrogens (tertiary/aromatic N) is 2. The molecule has 1 fully saturated rings. The van der Waals surface area contributed by atoms with Gasteiger partial charge in [0.25, 0.3) is 0 Å². The van der Waals surface area contributed by atoms with Crippen molar-refractivity contribution in [2.75, 3.05) is 11.5 Å². The molecule has 0 saturated carbocycles. The summed E-state index contributed by atoms with van der Waals surface area (Å²) >= 11 is 2.12. The van der Waals surface area contributed by atoms with Crippen LogP contribution in [-0.4, -0.2) is 20.6 Å². The Balaban J connectivity index is 1.95. The van der Waals surface area contributed by atoms with Crippen molar-refractivity contribution in [1.29, 1.82) is 0 Å². The number of nitrogen functional groups attached to an aromatic ring is 1. The molecule has 1 aliphatic rings. The highest BCUT2D eigenvalue weighted by atomic mass is 32.2. The minimum Gasteiger partial charge on any atom is -0.399 e. The van der Waals surface area contributed by atoms with Gasteiger partial charge in [-0.05, 0) is 36.8 Å². The highest BCUT2D eigenvalue weighted by Crippen LogP contribution is 2.28. The summed E-state index contributed by atoms with van der Waals surface area (Å²) in [6, 6.07) is 6.08. The Kier molecular flexibility index (Phi) is 3.69. The monoisotopic (exact) mass is 275 g/mol. The molecule has 1 atom stereocenters. The van der Waals surface area contributed by atoms with Gasteiger partial charge >= 0.3 is 0 Å². The van der Waals surface area contributed by atoms with E-state index < -0.39 is 0 Å². The number of imidazole rings is 1. The highest BCUT2D eigenvalue weighted by molar-refractivity contribution is 7.99. The van der Waals surface area contributed by atoms with Gasteiger partial charge in [-0.3, -0.25) is 0 Å². The Morgan fingerprint density at radius 1 is 1.42 bits per heavy atom. The van der Waals surface area contributed by atoms with E-state index in [-0.39, 0.29) is 0 Å². The summed E-state index contributed by atoms with van der Waals surface area (Å²) in [6.45, 7) is 3.27. The standard InChI is InChI=1S/C15H21N3S/c1-2-15-17-13-9-11(16)6-7-14(13)18(15)10-12-5-3-4-8-19-12/h6-7,9,12H,2-5,8,10,16H2,1H3. The van der Waals surface area contributed by atoms with E-state index in [1.165, 1.54) is 36.4 Å². The van der Waals surface area contributed by atoms with Crippen molar-refractivity contribution in [3.8, 4) is 0 Å². The first-order chi connectivity index (χ1) is 9.28. The van der Waals surface area contributed by atoms with Gasteiger partial charge in [0.05, 0.1) is 11.0 Å². The van der Waals surface area contributed by atoms with E-state index in [9.17, 15) is 0 Å². The first kappa shape index (κ1) is 12.9. The highest BCUT2D eigenvalue weighted by Gasteiger charge is 2.17. The van der Waals surface area contributed by atoms with Crippen LogP contribution in [0.25, 0.3) is 11.0 Å². The Hall–Kier alpha value is -1.16. The molecule has 0 spiro atoms. The van der Waals surface area contributed by atoms with Crippen LogP contribution >= 0.6 is 11.8 Å². The Labute approximate surface area is 118 Å². The summed E-state index contributed by atoms with van der Waals surface area (Å²) in [6.07, 6.45) is 5.07. The molecular formula is C15H21N3S. The lowest BCUT2D eigenvalue weighted by Crippen LogP contribution is -2.18. The number of anilines is 1. The number of hydrogen-bond donors (Lipinski definition) is 1. The normalized spacial score (nSPS) is 19.9. The number of hydrogen-bond acceptors (Lipinski definition) is 3. The van der Waals surface area contributed by atoms with Crippen molar-refractivity contribution in [1.82, 2.24) is 9.55 Å². The van der Waals surface area contributed by atoms with Gasteiger partial charge in [0.1, 0.15) is 5.82 Å². The van der Waals surface area contributed by atoms with Crippen molar-refractivity contribution in [2.24, 2.45) is 0 Å². The van der Waals surface area contributed by atoms with Crippen LogP contribution in [0.3, 0.4) is 0 Å². The van der Waals surface area contributed by atoms with Gasteiger partial charge in [0.15, 0.2) is 0 Å². The van der Waals surface area contributed by atoms with Crippen LogP contribution in [0, 0.1) is 0 Å². The maximum absolute atomic E-state index is 5.86. The van der Waals surface area contributed by atoms with Gasteiger partial charge in [-0.1, -0.05) is 13.3 Å². The predicted octanol–water partition coefficient (Wildman–Crippen LogP) is 3.47. The summed E-state index contributed by atoms with van der Waals surface area (Å²) in [5.74, 6) is 2.50. The number of aromatic nitrogens is 2. The molecule has 2 heterocycles. The zero-order valence-corrected chi connectivity index (χ0v) is 12.2. The minimum absolute atomic E-state index is 0.744. The zero-order valence-electron chi connectivity index (χ0n) is 11.4. The molecule has 0 bridgehead atoms. The molecule has 3 rings (SSSR count). The number of aryl methyl sites for hydroxylation is 1. The van der Waals surface area contributed by atoms with Crippen molar-refractivity contribution < 1.29 is 0 Å². The average molecular weight is 275 g/mol. The Morgan fingerprint density at radius 3 is 3.05 bits per heavy atom. The lowest BCUT2D eigenvalue weighted by molar-refractivity contribution is 0.577. The minimum atomic E-state index is 0.744. The van der Waals surface area contributed by atoms with Gasteiger partial charge in [0, 0.05) is 23.9 Å². The lowest BCUT2D eigenvalue weighted by Gasteiger charge is -2.22. The van der Waals surface area contributed by atoms with E-state index in [4.69, 9.17) is 10.7 Å². The molecule has 2 aromatic rings. The van der Waals surface area contributed by atoms with Gasteiger partial charge in [-0.25, -0.2) is 4.98 Å². The van der Waals surface area contributed by atoms with Crippen molar-refractivity contribution in [3.05, 3.63) is 24.0 Å². The van der Waals surface area contributed by atoms with E-state index in [1.54, 1.807) is 0 Å². The first-order valence-electron chi connectivity index (χ1n) is 7.14. The molecule has 1 aliphatic heterocycles. The van der Waals surface area contributed by atoms with Crippen molar-refractivity contribution in [3.63, 3.8) is 0 Å². The van der Waals surface area contributed by atoms with Crippen LogP contribution in [0.15, 0.2) is 18.2 Å². The molecule has 1 aromatic carbocycles. The van der Waals surface area contributed by atoms with E-state index in [0.717, 1.165) is 29.4 Å². The lowest BCUT2D eigenvalue weighted by atomic mass is 10.2. The van der Waals surface area contributed by atoms with Crippen LogP contribution in [-0.2, 0) is 13.0 Å². The van der Waals surface area contributed by atoms with Gasteiger partial charge in [0.2, 0.25) is 0 Å². The predicted molar refractivity (Wildman–Crippen MR) is 83.6 cm³/mol. The molecule has 1 aromatic heterocycles. The number of benzene rings is 1. The molecule has 1 saturated heterocycles. The molecule has 0 amide bonds. The maximum Gasteiger partial charge on any atom is 0.109 e. The molecule has 19 heavy (non-hydrogen) atoms. The number of nitrogens with two attached hydrogens (primary N) is 1. The van der Waals surface area contributed by atoms with E-state index >= 15 is 0 Å². The van der Waals surface area contributed by atoms with Crippen LogP contribution in [0.1, 0.15) is 32.0 Å². The Morgan fingerprint density at radius 2 is 2.32 bits per heavy atom. The second kappa shape index (κ2) is 5.45. The number of fused-ring (bicyclic) bond motifs is 1. The fraction of sp³-hybridized carbons (Fsp3) is 0.533. The van der Waals surface area contributed by atoms with E-state index in [1.807, 2.05) is 12.1 Å². The summed E-state index contributed by atoms with van der Waals surface area (Å²) in [5, 5.41) is 0.744. The largest absolute Gasteiger partial charge is 0.399 e. The Bertz CT molecular complexity index is 570. The molecule has 2 N–H and O–H groups in total. The summed E-state index contributed by atoms with van der Waals surface area (Å²) in [4.78, 5) is 4.73. The molecule has 4 heteroatoms. The summed E-state index contributed by atoms with van der Waals surface area (Å²) in [5.41, 5.74) is 8.93. The average Bonchev–Trinajstić information content (AvgIpc) is 2.77. The first-order valence-corrected chi connectivity index (χ1v) is 8.19. The van der Waals surface area contributed by atoms with Crippen LogP contribution in [0.2, 0.25) is 0 Å². The quantitative estimate of drug-likeness (QED) is 0.872. The van der Waals surface area contributed by atoms with Crippen molar-refractivity contribution >= 4 is 28.5 Å². The molecule has 0 radical (unpaired) electrons. The molecule has 3 nitrogen and oxygen atoms in total. The van der Waals surface area contributed by atoms with Crippen LogP contribution < -0.4 is 5.73 Å². The number of thioether (sulfide) groups is 1. The molecule has 102 valence electrons. The topological polar surface area (TPSA) is 43.8 Å². The third kappa shape index (κ3) is 2.59. The number of rotatable bonds is 3. The van der Waals surface area contributed by atoms with E-state index in [0.29, 0.717) is 0 Å². The smallest absolute Gasteiger partial charge is 0.109 e. The van der Waals surface area contributed by atoms with Gasteiger partial charge in [-0.2, -0.15) is 11.8 Å². The van der Waals surface area contributed by atoms with Gasteiger partial charge in [-0.15, -0.1) is 0 Å². The molecule has 0 aliphatic carbocycles. The summed E-state index contributed by atoms with van der Waals surface area (Å²) in [7, 11) is 0. The zero-order chi connectivity index (χ0) is 13.2. The third-order valence-electron chi connectivity index (χ3n) is 3.83. The molecular weight excluding hydrogens is 254 g/mol. The fourth-order valence-electron chi connectivity index (χ4n) is 2.83. The second-order valence-corrected chi connectivity index (χ2v) is 6.64. The van der Waals surface area contributed by atoms with E-state index in [2.05, 4.69) is 29.3 Å². The molecule has 1 unspecified atom stereocenters. The third-order valence-corrected chi connectivity index (χ3v) is 5.21. The van der Waals surface area contributed by atoms with Gasteiger partial charge < -0.3 is 10.3 Å². The van der Waals surface area contributed by atoms with Crippen molar-refractivity contribution in [2.45, 2.75) is 44.4 Å². The fourth-order valence-corrected chi connectivity index (χ4v) is 4.12. The maximum atomic E-state index is 5.86. The summed E-state index contributed by atoms with van der Waals surface area (Å²) < 4.78 is 2.40. The van der Waals surface area contributed by atoms with Crippen LogP contribution in [0.5, 0.6) is 0 Å². The SMILES string of the molecule is CCc1nc2cc(N)ccc2n1CC1CCCCS1. The second-order valence-electron chi connectivity index (χ2n) is 5.23.